The van der Waals surface area contributed by atoms with Crippen LogP contribution in [0.4, 0.5) is 0 Å². The average Bonchev–Trinajstić information content (AvgIpc) is 2.59. The number of benzene rings is 1. The van der Waals surface area contributed by atoms with Gasteiger partial charge in [0, 0.05) is 17.8 Å². The maximum Gasteiger partial charge on any atom is 0.264 e. The normalized spacial score (nSPS) is 11.5. The quantitative estimate of drug-likeness (QED) is 0.572. The number of aliphatic imine (C=N–C) groups is 1. The van der Waals surface area contributed by atoms with Gasteiger partial charge >= 0.3 is 0 Å². The first-order valence-electron chi connectivity index (χ1n) is 8.04. The van der Waals surface area contributed by atoms with E-state index in [-0.39, 0.29) is 16.2 Å². The molecule has 0 fully saturated rings. The number of rotatable bonds is 7. The minimum Gasteiger partial charge on any atom is -0.494 e. The summed E-state index contributed by atoms with van der Waals surface area (Å²) in [6.45, 7) is 7.38. The van der Waals surface area contributed by atoms with E-state index in [1.165, 1.54) is 10.8 Å². The number of aromatic hydroxyl groups is 1. The Balaban J connectivity index is 2.33. The lowest BCUT2D eigenvalue weighted by Crippen LogP contribution is -2.25. The number of hydrogen-bond donors (Lipinski definition) is 2. The summed E-state index contributed by atoms with van der Waals surface area (Å²) in [5.41, 5.74) is 0.198. The van der Waals surface area contributed by atoms with E-state index in [1.54, 1.807) is 24.3 Å². The van der Waals surface area contributed by atoms with Crippen molar-refractivity contribution in [2.24, 2.45) is 4.99 Å². The average molecular weight is 381 g/mol. The van der Waals surface area contributed by atoms with Gasteiger partial charge in [-0.3, -0.25) is 19.3 Å². The Morgan fingerprint density at radius 3 is 2.56 bits per heavy atom. The smallest absolute Gasteiger partial charge is 0.264 e. The van der Waals surface area contributed by atoms with Gasteiger partial charge in [-0.1, -0.05) is 25.4 Å². The molecule has 1 aromatic heterocycles. The Morgan fingerprint density at radius 1 is 1.32 bits per heavy atom. The van der Waals surface area contributed by atoms with Gasteiger partial charge in [-0.2, -0.15) is 0 Å². The van der Waals surface area contributed by atoms with Crippen molar-refractivity contribution in [3.05, 3.63) is 50.0 Å². The summed E-state index contributed by atoms with van der Waals surface area (Å²) in [4.78, 5) is 21.2. The fraction of sp³-hybridized carbons (Fsp3) is 0.353. The third-order valence-electron chi connectivity index (χ3n) is 3.87. The van der Waals surface area contributed by atoms with Crippen LogP contribution in [0.15, 0.2) is 34.1 Å². The molecule has 0 radical (unpaired) electrons. The summed E-state index contributed by atoms with van der Waals surface area (Å²) in [5, 5.41) is 11.1. The monoisotopic (exact) mass is 380 g/mol. The molecular weight excluding hydrogens is 360 g/mol. The maximum atomic E-state index is 12.1. The molecule has 2 rings (SSSR count). The standard InChI is InChI=1S/C17H21ClN4O2S/c1-3-21(4-2)10-9-19-11-14-15(23)20-17(25)22(16(14)24)13-7-5-12(18)6-8-13/h5-8,11,24H,3-4,9-10H2,1-2H3,(H,20,23,25). The van der Waals surface area contributed by atoms with Crippen LogP contribution in [0.5, 0.6) is 5.88 Å². The van der Waals surface area contributed by atoms with E-state index < -0.39 is 5.56 Å². The van der Waals surface area contributed by atoms with Crippen LogP contribution >= 0.6 is 23.8 Å². The predicted octanol–water partition coefficient (Wildman–Crippen LogP) is 3.01. The molecule has 8 heteroatoms. The van der Waals surface area contributed by atoms with Crippen molar-refractivity contribution < 1.29 is 5.11 Å². The molecule has 25 heavy (non-hydrogen) atoms. The number of halogens is 1. The minimum absolute atomic E-state index is 0.0723. The number of likely N-dealkylation sites (N-methyl/N-ethyl adjacent to an activating group) is 1. The second-order valence-electron chi connectivity index (χ2n) is 5.37. The van der Waals surface area contributed by atoms with E-state index in [1.807, 2.05) is 0 Å². The molecule has 1 heterocycles. The molecular formula is C17H21ClN4O2S. The minimum atomic E-state index is -0.473. The van der Waals surface area contributed by atoms with Crippen molar-refractivity contribution in [3.8, 4) is 11.6 Å². The van der Waals surface area contributed by atoms with Crippen LogP contribution in [0.25, 0.3) is 5.69 Å². The zero-order valence-electron chi connectivity index (χ0n) is 14.2. The third kappa shape index (κ3) is 4.78. The van der Waals surface area contributed by atoms with Crippen molar-refractivity contribution >= 4 is 30.0 Å². The molecule has 0 saturated carbocycles. The molecule has 2 aromatic rings. The summed E-state index contributed by atoms with van der Waals surface area (Å²) in [6, 6.07) is 6.77. The number of H-pyrrole nitrogens is 1. The van der Waals surface area contributed by atoms with E-state index >= 15 is 0 Å². The summed E-state index contributed by atoms with van der Waals surface area (Å²) >= 11 is 11.1. The fourth-order valence-electron chi connectivity index (χ4n) is 2.38. The molecule has 0 unspecified atom stereocenters. The lowest BCUT2D eigenvalue weighted by molar-refractivity contribution is 0.313. The molecule has 0 saturated heterocycles. The van der Waals surface area contributed by atoms with E-state index in [9.17, 15) is 9.90 Å². The van der Waals surface area contributed by atoms with Gasteiger partial charge in [0.15, 0.2) is 4.77 Å². The topological polar surface area (TPSA) is 73.6 Å². The molecule has 0 bridgehead atoms. The van der Waals surface area contributed by atoms with Crippen LogP contribution in [0.2, 0.25) is 5.02 Å². The van der Waals surface area contributed by atoms with Gasteiger partial charge in [0.05, 0.1) is 12.2 Å². The third-order valence-corrected chi connectivity index (χ3v) is 4.40. The molecule has 134 valence electrons. The highest BCUT2D eigenvalue weighted by Crippen LogP contribution is 2.20. The highest BCUT2D eigenvalue weighted by atomic mass is 35.5. The van der Waals surface area contributed by atoms with E-state index in [2.05, 4.69) is 28.7 Å². The lowest BCUT2D eigenvalue weighted by Gasteiger charge is -2.15. The van der Waals surface area contributed by atoms with Crippen molar-refractivity contribution in [3.63, 3.8) is 0 Å². The molecule has 0 aliphatic heterocycles. The SMILES string of the molecule is CCN(CC)CCN=Cc1c(O)n(-c2ccc(Cl)cc2)c(=S)[nH]c1=O. The summed E-state index contributed by atoms with van der Waals surface area (Å²) in [6.07, 6.45) is 1.39. The highest BCUT2D eigenvalue weighted by Gasteiger charge is 2.12. The molecule has 0 aliphatic carbocycles. The summed E-state index contributed by atoms with van der Waals surface area (Å²) < 4.78 is 1.48. The molecule has 6 nitrogen and oxygen atoms in total. The largest absolute Gasteiger partial charge is 0.494 e. The molecule has 0 atom stereocenters. The van der Waals surface area contributed by atoms with Gasteiger partial charge in [0.25, 0.3) is 5.56 Å². The molecule has 0 spiro atoms. The second kappa shape index (κ2) is 8.94. The first kappa shape index (κ1) is 19.4. The fourth-order valence-corrected chi connectivity index (χ4v) is 2.79. The number of aromatic nitrogens is 2. The number of hydrogen-bond acceptors (Lipinski definition) is 5. The van der Waals surface area contributed by atoms with Gasteiger partial charge in [-0.25, -0.2) is 0 Å². The van der Waals surface area contributed by atoms with Gasteiger partial charge in [-0.05, 0) is 49.6 Å². The van der Waals surface area contributed by atoms with Crippen molar-refractivity contribution in [2.75, 3.05) is 26.2 Å². The number of aromatic amines is 1. The Kier molecular flexibility index (Phi) is 6.92. The highest BCUT2D eigenvalue weighted by molar-refractivity contribution is 7.71. The number of nitrogens with one attached hydrogen (secondary N) is 1. The van der Waals surface area contributed by atoms with Crippen molar-refractivity contribution in [2.45, 2.75) is 13.8 Å². The molecule has 0 amide bonds. The van der Waals surface area contributed by atoms with Crippen LogP contribution in [-0.2, 0) is 0 Å². The van der Waals surface area contributed by atoms with E-state index in [0.29, 0.717) is 17.3 Å². The number of nitrogens with zero attached hydrogens (tertiary/aromatic N) is 3. The second-order valence-corrected chi connectivity index (χ2v) is 6.19. The van der Waals surface area contributed by atoms with Gasteiger partial charge in [0.2, 0.25) is 5.88 Å². The van der Waals surface area contributed by atoms with Crippen LogP contribution in [0, 0.1) is 4.77 Å². The lowest BCUT2D eigenvalue weighted by atomic mass is 10.3. The van der Waals surface area contributed by atoms with Crippen LogP contribution in [0.1, 0.15) is 19.4 Å². The van der Waals surface area contributed by atoms with E-state index in [4.69, 9.17) is 23.8 Å². The van der Waals surface area contributed by atoms with E-state index in [0.717, 1.165) is 19.6 Å². The Labute approximate surface area is 156 Å². The zero-order chi connectivity index (χ0) is 18.4. The molecule has 1 aromatic carbocycles. The Morgan fingerprint density at radius 2 is 1.96 bits per heavy atom. The van der Waals surface area contributed by atoms with Crippen LogP contribution in [0.3, 0.4) is 0 Å². The first-order chi connectivity index (χ1) is 12.0. The molecule has 0 aliphatic rings. The zero-order valence-corrected chi connectivity index (χ0v) is 15.8. The summed E-state index contributed by atoms with van der Waals surface area (Å²) in [7, 11) is 0. The van der Waals surface area contributed by atoms with Crippen LogP contribution < -0.4 is 5.56 Å². The Hall–Kier alpha value is -1.96. The maximum absolute atomic E-state index is 12.1. The van der Waals surface area contributed by atoms with Crippen molar-refractivity contribution in [1.29, 1.82) is 0 Å². The van der Waals surface area contributed by atoms with Gasteiger partial charge in [-0.15, -0.1) is 0 Å². The van der Waals surface area contributed by atoms with Crippen molar-refractivity contribution in [1.82, 2.24) is 14.5 Å². The van der Waals surface area contributed by atoms with Crippen LogP contribution in [-0.4, -0.2) is 52.0 Å². The predicted molar refractivity (Wildman–Crippen MR) is 104 cm³/mol. The Bertz CT molecular complexity index is 854. The molecule has 2 N–H and O–H groups in total. The first-order valence-corrected chi connectivity index (χ1v) is 8.83. The van der Waals surface area contributed by atoms with Gasteiger partial charge < -0.3 is 10.0 Å². The van der Waals surface area contributed by atoms with Gasteiger partial charge in [0.1, 0.15) is 5.56 Å². The summed E-state index contributed by atoms with van der Waals surface area (Å²) in [5.74, 6) is -0.248.